The summed E-state index contributed by atoms with van der Waals surface area (Å²) in [6.45, 7) is 4.05. The lowest BCUT2D eigenvalue weighted by molar-refractivity contribution is 0.591. The van der Waals surface area contributed by atoms with Crippen LogP contribution in [0.15, 0.2) is 0 Å². The molecule has 0 radical (unpaired) electrons. The number of hydrogen-bond acceptors (Lipinski definition) is 1. The Morgan fingerprint density at radius 1 is 1.83 bits per heavy atom. The Morgan fingerprint density at radius 2 is 2.33 bits per heavy atom. The second kappa shape index (κ2) is 3.42. The van der Waals surface area contributed by atoms with E-state index in [0.717, 1.165) is 6.42 Å². The summed E-state index contributed by atoms with van der Waals surface area (Å²) in [5.74, 6) is 0. The molecule has 0 aromatic rings. The van der Waals surface area contributed by atoms with E-state index in [9.17, 15) is 4.57 Å². The molecule has 0 spiro atoms. The van der Waals surface area contributed by atoms with E-state index in [-0.39, 0.29) is 0 Å². The summed E-state index contributed by atoms with van der Waals surface area (Å²) in [6, 6.07) is 0. The quantitative estimate of drug-likeness (QED) is 0.488. The maximum Gasteiger partial charge on any atom is 0.0671 e. The van der Waals surface area contributed by atoms with E-state index in [2.05, 4.69) is 6.92 Å². The van der Waals surface area contributed by atoms with E-state index in [4.69, 9.17) is 0 Å². The van der Waals surface area contributed by atoms with Crippen LogP contribution in [0, 0.1) is 0 Å². The fourth-order valence-corrected chi connectivity index (χ4v) is 0.289. The first kappa shape index (κ1) is 6.23. The zero-order chi connectivity index (χ0) is 4.99. The lowest BCUT2D eigenvalue weighted by Gasteiger charge is -1.90. The van der Waals surface area contributed by atoms with Gasteiger partial charge in [-0.25, -0.2) is 0 Å². The fourth-order valence-electron chi connectivity index (χ4n) is 0.0962. The SMILES string of the molecule is CCC(C)[PH2]=O. The van der Waals surface area contributed by atoms with Gasteiger partial charge in [0.15, 0.2) is 0 Å². The number of hydrogen-bond donors (Lipinski definition) is 0. The second-order valence-corrected chi connectivity index (χ2v) is 2.93. The van der Waals surface area contributed by atoms with Gasteiger partial charge in [-0.2, -0.15) is 0 Å². The highest BCUT2D eigenvalue weighted by Crippen LogP contribution is 2.06. The summed E-state index contributed by atoms with van der Waals surface area (Å²) in [6.07, 6.45) is 1.05. The maximum absolute atomic E-state index is 9.94. The van der Waals surface area contributed by atoms with Crippen LogP contribution in [0.1, 0.15) is 20.3 Å². The van der Waals surface area contributed by atoms with Crippen molar-refractivity contribution in [3.05, 3.63) is 0 Å². The predicted octanol–water partition coefficient (Wildman–Crippen LogP) is 1.54. The smallest absolute Gasteiger partial charge is 0.0671 e. The van der Waals surface area contributed by atoms with Crippen molar-refractivity contribution in [3.63, 3.8) is 0 Å². The summed E-state index contributed by atoms with van der Waals surface area (Å²) in [5.41, 5.74) is 0.463. The monoisotopic (exact) mass is 106 g/mol. The van der Waals surface area contributed by atoms with Gasteiger partial charge < -0.3 is 4.57 Å². The molecule has 0 N–H and O–H groups in total. The van der Waals surface area contributed by atoms with Gasteiger partial charge in [-0.15, -0.1) is 0 Å². The lowest BCUT2D eigenvalue weighted by Crippen LogP contribution is -1.82. The Morgan fingerprint density at radius 3 is 2.33 bits per heavy atom. The summed E-state index contributed by atoms with van der Waals surface area (Å²) in [5, 5.41) is 0. The minimum Gasteiger partial charge on any atom is -0.330 e. The van der Waals surface area contributed by atoms with Crippen molar-refractivity contribution < 1.29 is 4.57 Å². The van der Waals surface area contributed by atoms with Crippen LogP contribution in [0.3, 0.4) is 0 Å². The van der Waals surface area contributed by atoms with E-state index in [1.807, 2.05) is 6.92 Å². The van der Waals surface area contributed by atoms with Crippen LogP contribution in [0.2, 0.25) is 0 Å². The van der Waals surface area contributed by atoms with Crippen molar-refractivity contribution in [2.24, 2.45) is 0 Å². The molecule has 6 heavy (non-hydrogen) atoms. The minimum atomic E-state index is -0.515. The molecule has 0 saturated carbocycles. The van der Waals surface area contributed by atoms with Crippen LogP contribution in [-0.4, -0.2) is 5.66 Å². The Balaban J connectivity index is 2.96. The van der Waals surface area contributed by atoms with Crippen molar-refractivity contribution in [1.82, 2.24) is 0 Å². The standard InChI is InChI=1S/C4H11OP/c1-3-4(2)6-5/h4H,3,6H2,1-2H3. The van der Waals surface area contributed by atoms with Gasteiger partial charge in [0, 0.05) is 5.66 Å². The van der Waals surface area contributed by atoms with E-state index >= 15 is 0 Å². The van der Waals surface area contributed by atoms with Crippen molar-refractivity contribution in [2.45, 2.75) is 25.9 Å². The summed E-state index contributed by atoms with van der Waals surface area (Å²) < 4.78 is 9.94. The molecule has 2 heteroatoms. The molecule has 0 amide bonds. The zero-order valence-electron chi connectivity index (χ0n) is 4.27. The molecule has 0 aliphatic rings. The van der Waals surface area contributed by atoms with Crippen LogP contribution in [0.4, 0.5) is 0 Å². The van der Waals surface area contributed by atoms with Gasteiger partial charge in [-0.3, -0.25) is 0 Å². The first-order valence-corrected chi connectivity index (χ1v) is 3.40. The third-order valence-electron chi connectivity index (χ3n) is 0.876. The van der Waals surface area contributed by atoms with Crippen LogP contribution >= 0.6 is 8.46 Å². The number of rotatable bonds is 2. The van der Waals surface area contributed by atoms with Gasteiger partial charge in [0.2, 0.25) is 0 Å². The molecule has 0 saturated heterocycles. The molecule has 0 rings (SSSR count). The molecule has 2 unspecified atom stereocenters. The van der Waals surface area contributed by atoms with Crippen LogP contribution in [0.5, 0.6) is 0 Å². The highest BCUT2D eigenvalue weighted by molar-refractivity contribution is 7.24. The van der Waals surface area contributed by atoms with Crippen LogP contribution in [0.25, 0.3) is 0 Å². The lowest BCUT2D eigenvalue weighted by atomic mass is 10.4. The van der Waals surface area contributed by atoms with Crippen molar-refractivity contribution in [2.75, 3.05) is 0 Å². The molecular formula is C4H11OP. The Hall–Kier alpha value is 0.230. The molecule has 0 aliphatic heterocycles. The first-order valence-electron chi connectivity index (χ1n) is 2.26. The third-order valence-corrected chi connectivity index (χ3v) is 1.81. The average molecular weight is 106 g/mol. The van der Waals surface area contributed by atoms with E-state index in [1.54, 1.807) is 0 Å². The van der Waals surface area contributed by atoms with Crippen molar-refractivity contribution in [1.29, 1.82) is 0 Å². The molecule has 2 atom stereocenters. The largest absolute Gasteiger partial charge is 0.330 e. The van der Waals surface area contributed by atoms with Gasteiger partial charge in [0.25, 0.3) is 0 Å². The van der Waals surface area contributed by atoms with Gasteiger partial charge in [0.05, 0.1) is 8.46 Å². The first-order chi connectivity index (χ1) is 2.81. The topological polar surface area (TPSA) is 17.1 Å². The third kappa shape index (κ3) is 2.47. The molecule has 0 aromatic heterocycles. The molecule has 0 fully saturated rings. The molecule has 0 bridgehead atoms. The van der Waals surface area contributed by atoms with Crippen molar-refractivity contribution in [3.8, 4) is 0 Å². The Kier molecular flexibility index (Phi) is 3.55. The normalized spacial score (nSPS) is 16.3. The predicted molar refractivity (Wildman–Crippen MR) is 30.1 cm³/mol. The summed E-state index contributed by atoms with van der Waals surface area (Å²) in [4.78, 5) is 0. The minimum absolute atomic E-state index is 0.463. The maximum atomic E-state index is 9.94. The Labute approximate surface area is 40.0 Å². The van der Waals surface area contributed by atoms with Crippen molar-refractivity contribution >= 4 is 8.46 Å². The highest BCUT2D eigenvalue weighted by Gasteiger charge is 1.87. The second-order valence-electron chi connectivity index (χ2n) is 1.52. The van der Waals surface area contributed by atoms with Gasteiger partial charge in [-0.1, -0.05) is 13.8 Å². The molecular weight excluding hydrogens is 95.0 g/mol. The highest BCUT2D eigenvalue weighted by atomic mass is 31.1. The molecule has 1 nitrogen and oxygen atoms in total. The summed E-state index contributed by atoms with van der Waals surface area (Å²) >= 11 is 0. The summed E-state index contributed by atoms with van der Waals surface area (Å²) in [7, 11) is -0.515. The van der Waals surface area contributed by atoms with Gasteiger partial charge >= 0.3 is 0 Å². The van der Waals surface area contributed by atoms with E-state index in [1.165, 1.54) is 0 Å². The average Bonchev–Trinajstić information content (AvgIpc) is 1.65. The van der Waals surface area contributed by atoms with E-state index < -0.39 is 8.46 Å². The molecule has 38 valence electrons. The zero-order valence-corrected chi connectivity index (χ0v) is 5.42. The van der Waals surface area contributed by atoms with E-state index in [0.29, 0.717) is 5.66 Å². The van der Waals surface area contributed by atoms with Gasteiger partial charge in [0.1, 0.15) is 0 Å². The molecule has 0 aromatic carbocycles. The molecule has 0 aliphatic carbocycles. The van der Waals surface area contributed by atoms with Crippen LogP contribution < -0.4 is 0 Å². The molecule has 0 heterocycles. The fraction of sp³-hybridized carbons (Fsp3) is 1.00. The van der Waals surface area contributed by atoms with Crippen LogP contribution in [-0.2, 0) is 4.57 Å². The Bertz CT molecular complexity index is 44.8. The van der Waals surface area contributed by atoms with Gasteiger partial charge in [-0.05, 0) is 6.42 Å².